The monoisotopic (exact) mass is 352 g/mol. The molecule has 0 aliphatic carbocycles. The van der Waals surface area contributed by atoms with Crippen LogP contribution in [0, 0.1) is 15.2 Å². The second kappa shape index (κ2) is 4.85. The normalized spacial score (nSPS) is 19.8. The van der Waals surface area contributed by atoms with Gasteiger partial charge in [0.15, 0.2) is 11.6 Å². The first-order chi connectivity index (χ1) is 7.99. The molecule has 0 saturated carbocycles. The fourth-order valence-corrected chi connectivity index (χ4v) is 2.49. The first-order valence-electron chi connectivity index (χ1n) is 5.18. The molecule has 1 aliphatic rings. The number of rotatable bonds is 1. The summed E-state index contributed by atoms with van der Waals surface area (Å²) in [6.07, 6.45) is 0.742. The number of carbonyl (C=O) groups excluding carboxylic acids is 1. The summed E-state index contributed by atoms with van der Waals surface area (Å²) >= 11 is 1.82. The molecule has 0 radical (unpaired) electrons. The molecule has 1 heterocycles. The zero-order valence-corrected chi connectivity index (χ0v) is 11.1. The molecule has 1 amide bonds. The van der Waals surface area contributed by atoms with Crippen LogP contribution in [0.2, 0.25) is 0 Å². The number of likely N-dealkylation sites (tertiary alicyclic amines) is 1. The maximum absolute atomic E-state index is 13.1. The Morgan fingerprint density at radius 2 is 2.06 bits per heavy atom. The zero-order chi connectivity index (χ0) is 12.6. The van der Waals surface area contributed by atoms with Gasteiger partial charge in [0.25, 0.3) is 5.91 Å². The summed E-state index contributed by atoms with van der Waals surface area (Å²) in [6.45, 7) is 1.03. The molecule has 92 valence electrons. The van der Waals surface area contributed by atoms with Gasteiger partial charge in [0.1, 0.15) is 0 Å². The van der Waals surface area contributed by atoms with Gasteiger partial charge < -0.3 is 10.6 Å². The molecule has 6 heteroatoms. The van der Waals surface area contributed by atoms with E-state index in [0.717, 1.165) is 18.6 Å². The lowest BCUT2D eigenvalue weighted by Gasteiger charge is -2.16. The minimum Gasteiger partial charge on any atom is -0.337 e. The number of hydrogen-bond donors (Lipinski definition) is 1. The van der Waals surface area contributed by atoms with Crippen molar-refractivity contribution >= 4 is 28.5 Å². The Labute approximate surface area is 111 Å². The Balaban J connectivity index is 2.28. The van der Waals surface area contributed by atoms with E-state index in [1.165, 1.54) is 0 Å². The molecule has 17 heavy (non-hydrogen) atoms. The van der Waals surface area contributed by atoms with E-state index >= 15 is 0 Å². The maximum Gasteiger partial charge on any atom is 0.255 e. The molecule has 1 atom stereocenters. The van der Waals surface area contributed by atoms with Gasteiger partial charge in [-0.05, 0) is 41.1 Å². The molecule has 1 aliphatic heterocycles. The van der Waals surface area contributed by atoms with E-state index in [4.69, 9.17) is 5.73 Å². The van der Waals surface area contributed by atoms with E-state index in [9.17, 15) is 13.6 Å². The third-order valence-electron chi connectivity index (χ3n) is 2.75. The Hall–Kier alpha value is -0.760. The first-order valence-corrected chi connectivity index (χ1v) is 6.26. The highest BCUT2D eigenvalue weighted by Crippen LogP contribution is 2.20. The highest BCUT2D eigenvalue weighted by Gasteiger charge is 2.26. The van der Waals surface area contributed by atoms with E-state index in [1.54, 1.807) is 4.90 Å². The molecule has 1 aromatic carbocycles. The van der Waals surface area contributed by atoms with Crippen molar-refractivity contribution in [1.29, 1.82) is 0 Å². The van der Waals surface area contributed by atoms with Crippen molar-refractivity contribution in [2.75, 3.05) is 13.1 Å². The van der Waals surface area contributed by atoms with Gasteiger partial charge in [-0.2, -0.15) is 0 Å². The molecule has 0 spiro atoms. The predicted octanol–water partition coefficient (Wildman–Crippen LogP) is 1.74. The van der Waals surface area contributed by atoms with Gasteiger partial charge in [0.05, 0.1) is 5.56 Å². The molecular formula is C11H11F2IN2O. The SMILES string of the molecule is N[C@@H]1CCN(C(=O)c2cc(F)c(F)cc2I)C1. The largest absolute Gasteiger partial charge is 0.337 e. The lowest BCUT2D eigenvalue weighted by Crippen LogP contribution is -2.32. The minimum atomic E-state index is -1.00. The summed E-state index contributed by atoms with van der Waals surface area (Å²) in [6, 6.07) is 1.95. The molecular weight excluding hydrogens is 341 g/mol. The third-order valence-corrected chi connectivity index (χ3v) is 3.64. The maximum atomic E-state index is 13.1. The van der Waals surface area contributed by atoms with Gasteiger partial charge in [-0.1, -0.05) is 0 Å². The first kappa shape index (κ1) is 12.7. The lowest BCUT2D eigenvalue weighted by atomic mass is 10.2. The molecule has 2 rings (SSSR count). The average Bonchev–Trinajstić information content (AvgIpc) is 2.69. The van der Waals surface area contributed by atoms with Gasteiger partial charge in [0, 0.05) is 22.7 Å². The predicted molar refractivity (Wildman–Crippen MR) is 67.6 cm³/mol. The molecule has 1 fully saturated rings. The second-order valence-electron chi connectivity index (χ2n) is 4.05. The van der Waals surface area contributed by atoms with Crippen LogP contribution in [0.5, 0.6) is 0 Å². The van der Waals surface area contributed by atoms with Crippen LogP contribution in [-0.2, 0) is 0 Å². The molecule has 1 saturated heterocycles. The molecule has 0 unspecified atom stereocenters. The quantitative estimate of drug-likeness (QED) is 0.618. The number of carbonyl (C=O) groups is 1. The fraction of sp³-hybridized carbons (Fsp3) is 0.364. The highest BCUT2D eigenvalue weighted by atomic mass is 127. The van der Waals surface area contributed by atoms with Gasteiger partial charge >= 0.3 is 0 Å². The summed E-state index contributed by atoms with van der Waals surface area (Å²) in [7, 11) is 0. The van der Waals surface area contributed by atoms with Crippen molar-refractivity contribution < 1.29 is 13.6 Å². The van der Waals surface area contributed by atoms with E-state index in [-0.39, 0.29) is 17.5 Å². The van der Waals surface area contributed by atoms with Crippen LogP contribution in [0.15, 0.2) is 12.1 Å². The third kappa shape index (κ3) is 2.57. The molecule has 3 nitrogen and oxygen atoms in total. The smallest absolute Gasteiger partial charge is 0.255 e. The zero-order valence-electron chi connectivity index (χ0n) is 8.92. The van der Waals surface area contributed by atoms with Gasteiger partial charge in [-0.15, -0.1) is 0 Å². The van der Waals surface area contributed by atoms with Crippen LogP contribution < -0.4 is 5.73 Å². The number of halogens is 3. The lowest BCUT2D eigenvalue weighted by molar-refractivity contribution is 0.0789. The number of amides is 1. The van der Waals surface area contributed by atoms with Crippen LogP contribution in [0.1, 0.15) is 16.8 Å². The Morgan fingerprint density at radius 3 is 2.65 bits per heavy atom. The van der Waals surface area contributed by atoms with E-state index in [1.807, 2.05) is 22.6 Å². The number of nitrogens with two attached hydrogens (primary N) is 1. The molecule has 1 aromatic rings. The van der Waals surface area contributed by atoms with Crippen LogP contribution >= 0.6 is 22.6 Å². The summed E-state index contributed by atoms with van der Waals surface area (Å²) in [5, 5.41) is 0. The Morgan fingerprint density at radius 1 is 1.41 bits per heavy atom. The van der Waals surface area contributed by atoms with Gasteiger partial charge in [-0.3, -0.25) is 4.79 Å². The number of hydrogen-bond acceptors (Lipinski definition) is 2. The van der Waals surface area contributed by atoms with Crippen molar-refractivity contribution in [3.05, 3.63) is 32.9 Å². The van der Waals surface area contributed by atoms with Crippen LogP contribution in [0.3, 0.4) is 0 Å². The topological polar surface area (TPSA) is 46.3 Å². The van der Waals surface area contributed by atoms with Crippen molar-refractivity contribution in [3.63, 3.8) is 0 Å². The van der Waals surface area contributed by atoms with Crippen molar-refractivity contribution in [2.24, 2.45) is 5.73 Å². The summed E-state index contributed by atoms with van der Waals surface area (Å²) < 4.78 is 26.5. The molecule has 2 N–H and O–H groups in total. The van der Waals surface area contributed by atoms with Gasteiger partial charge in [0.2, 0.25) is 0 Å². The van der Waals surface area contributed by atoms with E-state index < -0.39 is 11.6 Å². The average molecular weight is 352 g/mol. The Kier molecular flexibility index (Phi) is 3.62. The van der Waals surface area contributed by atoms with Crippen molar-refractivity contribution in [3.8, 4) is 0 Å². The summed E-state index contributed by atoms with van der Waals surface area (Å²) in [5.41, 5.74) is 5.90. The summed E-state index contributed by atoms with van der Waals surface area (Å²) in [4.78, 5) is 13.6. The van der Waals surface area contributed by atoms with Crippen molar-refractivity contribution in [2.45, 2.75) is 12.5 Å². The van der Waals surface area contributed by atoms with Crippen LogP contribution in [-0.4, -0.2) is 29.9 Å². The minimum absolute atomic E-state index is 0.0260. The highest BCUT2D eigenvalue weighted by molar-refractivity contribution is 14.1. The van der Waals surface area contributed by atoms with Crippen LogP contribution in [0.25, 0.3) is 0 Å². The number of benzene rings is 1. The standard InChI is InChI=1S/C11H11F2IN2O/c12-8-3-7(10(14)4-9(8)13)11(17)16-2-1-6(15)5-16/h3-4,6H,1-2,5,15H2/t6-/m1/s1. The Bertz CT molecular complexity index is 467. The van der Waals surface area contributed by atoms with Gasteiger partial charge in [-0.25, -0.2) is 8.78 Å². The van der Waals surface area contributed by atoms with E-state index in [0.29, 0.717) is 16.7 Å². The van der Waals surface area contributed by atoms with Crippen LogP contribution in [0.4, 0.5) is 8.78 Å². The molecule has 0 bridgehead atoms. The second-order valence-corrected chi connectivity index (χ2v) is 5.21. The fourth-order valence-electron chi connectivity index (χ4n) is 1.83. The van der Waals surface area contributed by atoms with Crippen molar-refractivity contribution in [1.82, 2.24) is 4.90 Å². The number of nitrogens with zero attached hydrogens (tertiary/aromatic N) is 1. The molecule has 0 aromatic heterocycles. The van der Waals surface area contributed by atoms with E-state index in [2.05, 4.69) is 0 Å². The summed E-state index contributed by atoms with van der Waals surface area (Å²) in [5.74, 6) is -2.23.